The third-order valence-corrected chi connectivity index (χ3v) is 5.90. The number of ether oxygens (including phenoxy) is 1. The molecule has 0 atom stereocenters. The van der Waals surface area contributed by atoms with E-state index in [9.17, 15) is 4.79 Å². The number of fused-ring (bicyclic) bond motifs is 1. The Kier molecular flexibility index (Phi) is 6.54. The van der Waals surface area contributed by atoms with Gasteiger partial charge in [0, 0.05) is 29.3 Å². The van der Waals surface area contributed by atoms with E-state index in [0.29, 0.717) is 28.8 Å². The molecule has 174 valence electrons. The molecule has 0 aliphatic heterocycles. The Morgan fingerprint density at radius 3 is 2.67 bits per heavy atom. The van der Waals surface area contributed by atoms with Crippen LogP contribution in [0, 0.1) is 6.92 Å². The summed E-state index contributed by atoms with van der Waals surface area (Å²) in [5.74, 6) is 1.29. The number of nitrogens with one attached hydrogen (secondary N) is 4. The zero-order valence-electron chi connectivity index (χ0n) is 19.3. The van der Waals surface area contributed by atoms with Crippen molar-refractivity contribution in [3.05, 3.63) is 52.1 Å². The van der Waals surface area contributed by atoms with Gasteiger partial charge in [-0.15, -0.1) is 0 Å². The van der Waals surface area contributed by atoms with E-state index >= 15 is 0 Å². The molecule has 11 heteroatoms. The molecule has 4 rings (SSSR count). The summed E-state index contributed by atoms with van der Waals surface area (Å²) in [6.07, 6.45) is 0. The van der Waals surface area contributed by atoms with E-state index in [4.69, 9.17) is 9.72 Å². The summed E-state index contributed by atoms with van der Waals surface area (Å²) in [6, 6.07) is 9.36. The molecule has 3 aromatic heterocycles. The van der Waals surface area contributed by atoms with Crippen molar-refractivity contribution in [2.45, 2.75) is 36.4 Å². The van der Waals surface area contributed by atoms with Crippen LogP contribution in [0.1, 0.15) is 25.2 Å². The summed E-state index contributed by atoms with van der Waals surface area (Å²) in [6.45, 7) is 7.32. The summed E-state index contributed by atoms with van der Waals surface area (Å²) in [5.41, 5.74) is 1.67. The zero-order valence-corrected chi connectivity index (χ0v) is 20.1. The van der Waals surface area contributed by atoms with Crippen molar-refractivity contribution in [1.82, 2.24) is 35.3 Å². The molecule has 0 aliphatic rings. The van der Waals surface area contributed by atoms with E-state index in [1.54, 1.807) is 6.07 Å². The SMILES string of the molecule is Cc1cc(Nc2cc(C(C)(C)OCCN(C)C)nc(Sc3ccc4c(=O)[nH][nH]c4c3)n2)n[nH]1. The summed E-state index contributed by atoms with van der Waals surface area (Å²) in [7, 11) is 4.02. The lowest BCUT2D eigenvalue weighted by atomic mass is 10.0. The lowest BCUT2D eigenvalue weighted by Gasteiger charge is -2.26. The molecule has 0 fully saturated rings. The molecule has 4 aromatic rings. The van der Waals surface area contributed by atoms with Crippen molar-refractivity contribution in [1.29, 1.82) is 0 Å². The average molecular weight is 469 g/mol. The van der Waals surface area contributed by atoms with E-state index in [1.807, 2.05) is 59.1 Å². The van der Waals surface area contributed by atoms with Crippen LogP contribution in [-0.2, 0) is 10.3 Å². The van der Waals surface area contributed by atoms with E-state index in [2.05, 4.69) is 35.6 Å². The molecule has 0 amide bonds. The number of H-pyrrole nitrogens is 3. The summed E-state index contributed by atoms with van der Waals surface area (Å²) < 4.78 is 6.17. The second kappa shape index (κ2) is 9.38. The van der Waals surface area contributed by atoms with Gasteiger partial charge in [-0.25, -0.2) is 9.97 Å². The number of likely N-dealkylation sites (N-methyl/N-ethyl adjacent to an activating group) is 1. The first kappa shape index (κ1) is 23.0. The van der Waals surface area contributed by atoms with Gasteiger partial charge < -0.3 is 15.0 Å². The van der Waals surface area contributed by atoms with Gasteiger partial charge >= 0.3 is 0 Å². The highest BCUT2D eigenvalue weighted by Crippen LogP contribution is 2.32. The van der Waals surface area contributed by atoms with Crippen molar-refractivity contribution in [2.24, 2.45) is 0 Å². The van der Waals surface area contributed by atoms with Crippen LogP contribution in [0.15, 0.2) is 45.2 Å². The Morgan fingerprint density at radius 1 is 1.12 bits per heavy atom. The van der Waals surface area contributed by atoms with E-state index < -0.39 is 5.60 Å². The maximum Gasteiger partial charge on any atom is 0.271 e. The number of aryl methyl sites for hydroxylation is 1. The fourth-order valence-electron chi connectivity index (χ4n) is 3.20. The molecule has 3 heterocycles. The quantitative estimate of drug-likeness (QED) is 0.275. The van der Waals surface area contributed by atoms with Crippen LogP contribution in [0.2, 0.25) is 0 Å². The van der Waals surface area contributed by atoms with Gasteiger partial charge in [0.15, 0.2) is 11.0 Å². The molecule has 10 nitrogen and oxygen atoms in total. The molecule has 0 aliphatic carbocycles. The monoisotopic (exact) mass is 468 g/mol. The number of aromatic nitrogens is 6. The molecule has 0 unspecified atom stereocenters. The second-order valence-corrected chi connectivity index (χ2v) is 9.57. The Labute approximate surface area is 195 Å². The molecule has 4 N–H and O–H groups in total. The van der Waals surface area contributed by atoms with Gasteiger partial charge in [-0.05, 0) is 64.8 Å². The first-order valence-corrected chi connectivity index (χ1v) is 11.4. The van der Waals surface area contributed by atoms with Crippen LogP contribution in [0.5, 0.6) is 0 Å². The molecular formula is C22H28N8O2S. The molecule has 0 bridgehead atoms. The van der Waals surface area contributed by atoms with Crippen molar-refractivity contribution in [3.8, 4) is 0 Å². The molecule has 0 saturated heterocycles. The Balaban J connectivity index is 1.65. The minimum absolute atomic E-state index is 0.141. The Morgan fingerprint density at radius 2 is 1.94 bits per heavy atom. The van der Waals surface area contributed by atoms with Gasteiger partial charge in [-0.2, -0.15) is 5.10 Å². The van der Waals surface area contributed by atoms with E-state index in [1.165, 1.54) is 11.8 Å². The predicted octanol–water partition coefficient (Wildman–Crippen LogP) is 3.39. The second-order valence-electron chi connectivity index (χ2n) is 8.53. The smallest absolute Gasteiger partial charge is 0.271 e. The van der Waals surface area contributed by atoms with Crippen LogP contribution < -0.4 is 10.9 Å². The zero-order chi connectivity index (χ0) is 23.6. The van der Waals surface area contributed by atoms with E-state index in [0.717, 1.165) is 28.3 Å². The molecular weight excluding hydrogens is 440 g/mol. The molecule has 1 aromatic carbocycles. The number of benzene rings is 1. The van der Waals surface area contributed by atoms with Crippen molar-refractivity contribution in [2.75, 3.05) is 32.6 Å². The third kappa shape index (κ3) is 5.62. The maximum absolute atomic E-state index is 11.8. The number of hydrogen-bond donors (Lipinski definition) is 4. The first-order chi connectivity index (χ1) is 15.7. The van der Waals surface area contributed by atoms with Gasteiger partial charge in [-0.3, -0.25) is 20.1 Å². The maximum atomic E-state index is 11.8. The van der Waals surface area contributed by atoms with Crippen molar-refractivity contribution >= 4 is 34.3 Å². The lowest BCUT2D eigenvalue weighted by Crippen LogP contribution is -2.28. The lowest BCUT2D eigenvalue weighted by molar-refractivity contribution is -0.0303. The molecule has 0 radical (unpaired) electrons. The topological polar surface area (TPSA) is 128 Å². The minimum Gasteiger partial charge on any atom is -0.368 e. The molecule has 33 heavy (non-hydrogen) atoms. The highest BCUT2D eigenvalue weighted by atomic mass is 32.2. The van der Waals surface area contributed by atoms with Crippen LogP contribution in [0.3, 0.4) is 0 Å². The Bertz CT molecular complexity index is 1310. The third-order valence-electron chi connectivity index (χ3n) is 5.04. The fraction of sp³-hybridized carbons (Fsp3) is 0.364. The van der Waals surface area contributed by atoms with Crippen LogP contribution in [0.25, 0.3) is 10.9 Å². The van der Waals surface area contributed by atoms with Gasteiger partial charge in [0.25, 0.3) is 5.56 Å². The molecule has 0 saturated carbocycles. The summed E-state index contributed by atoms with van der Waals surface area (Å²) in [4.78, 5) is 24.3. The average Bonchev–Trinajstić information content (AvgIpc) is 3.32. The van der Waals surface area contributed by atoms with Gasteiger partial charge in [0.2, 0.25) is 0 Å². The standard InChI is InChI=1S/C22H28N8O2S/c1-13-10-19(28-26-13)24-18-12-17(22(2,3)32-9-8-30(4)5)23-21(25-18)33-14-6-7-15-16(11-14)27-29-20(15)31/h6-7,10-12H,8-9H2,1-5H3,(H2,27,29,31)(H2,23,24,25,26,28). The summed E-state index contributed by atoms with van der Waals surface area (Å²) in [5, 5.41) is 17.1. The van der Waals surface area contributed by atoms with Crippen LogP contribution in [-0.4, -0.2) is 62.5 Å². The normalized spacial score (nSPS) is 12.1. The van der Waals surface area contributed by atoms with Gasteiger partial charge in [0.05, 0.1) is 23.2 Å². The fourth-order valence-corrected chi connectivity index (χ4v) is 4.01. The highest BCUT2D eigenvalue weighted by Gasteiger charge is 2.25. The predicted molar refractivity (Wildman–Crippen MR) is 129 cm³/mol. The number of rotatable bonds is 9. The number of nitrogens with zero attached hydrogens (tertiary/aromatic N) is 4. The largest absolute Gasteiger partial charge is 0.368 e. The van der Waals surface area contributed by atoms with E-state index in [-0.39, 0.29) is 5.56 Å². The number of anilines is 2. The first-order valence-electron chi connectivity index (χ1n) is 10.6. The summed E-state index contributed by atoms with van der Waals surface area (Å²) >= 11 is 1.41. The van der Waals surface area contributed by atoms with Crippen molar-refractivity contribution in [3.63, 3.8) is 0 Å². The molecule has 0 spiro atoms. The highest BCUT2D eigenvalue weighted by molar-refractivity contribution is 7.99. The van der Waals surface area contributed by atoms with Crippen LogP contribution >= 0.6 is 11.8 Å². The van der Waals surface area contributed by atoms with Crippen LogP contribution in [0.4, 0.5) is 11.6 Å². The Hall–Kier alpha value is -3.15. The number of aromatic amines is 3. The van der Waals surface area contributed by atoms with Gasteiger partial charge in [-0.1, -0.05) is 0 Å². The van der Waals surface area contributed by atoms with Crippen molar-refractivity contribution < 1.29 is 4.74 Å². The number of hydrogen-bond acceptors (Lipinski definition) is 8. The minimum atomic E-state index is -0.623. The van der Waals surface area contributed by atoms with Gasteiger partial charge in [0.1, 0.15) is 11.4 Å².